The summed E-state index contributed by atoms with van der Waals surface area (Å²) in [4.78, 5) is 2.41. The van der Waals surface area contributed by atoms with Crippen molar-refractivity contribution < 1.29 is 5.11 Å². The van der Waals surface area contributed by atoms with Crippen LogP contribution in [0.3, 0.4) is 0 Å². The van der Waals surface area contributed by atoms with E-state index in [1.807, 2.05) is 0 Å². The first-order valence-electron chi connectivity index (χ1n) is 6.09. The van der Waals surface area contributed by atoms with Crippen molar-refractivity contribution in [1.82, 2.24) is 4.90 Å². The van der Waals surface area contributed by atoms with Crippen LogP contribution in [0.1, 0.15) is 44.9 Å². The predicted molar refractivity (Wildman–Crippen MR) is 58.3 cm³/mol. The second-order valence-corrected chi connectivity index (χ2v) is 5.39. The third-order valence-electron chi connectivity index (χ3n) is 4.04. The standard InChI is InChI=1S/C12H23NO/c1-13-9-5-11(10-13)4-8-12(14)6-2-3-7-12/h11,14H,2-10H2,1H3. The van der Waals surface area contributed by atoms with Crippen molar-refractivity contribution in [3.8, 4) is 0 Å². The van der Waals surface area contributed by atoms with Crippen LogP contribution >= 0.6 is 0 Å². The summed E-state index contributed by atoms with van der Waals surface area (Å²) in [5.41, 5.74) is -0.277. The van der Waals surface area contributed by atoms with E-state index in [9.17, 15) is 5.11 Å². The molecule has 2 rings (SSSR count). The van der Waals surface area contributed by atoms with E-state index in [1.54, 1.807) is 0 Å². The highest BCUT2D eigenvalue weighted by atomic mass is 16.3. The van der Waals surface area contributed by atoms with Crippen molar-refractivity contribution in [2.75, 3.05) is 20.1 Å². The molecule has 0 bridgehead atoms. The molecule has 1 N–H and O–H groups in total. The summed E-state index contributed by atoms with van der Waals surface area (Å²) < 4.78 is 0. The van der Waals surface area contributed by atoms with Gasteiger partial charge in [0.15, 0.2) is 0 Å². The van der Waals surface area contributed by atoms with Gasteiger partial charge in [0.2, 0.25) is 0 Å². The molecule has 1 aliphatic heterocycles. The second-order valence-electron chi connectivity index (χ2n) is 5.39. The minimum atomic E-state index is -0.277. The molecule has 2 nitrogen and oxygen atoms in total. The van der Waals surface area contributed by atoms with Crippen LogP contribution in [-0.4, -0.2) is 35.7 Å². The van der Waals surface area contributed by atoms with Gasteiger partial charge in [0.25, 0.3) is 0 Å². The zero-order valence-electron chi connectivity index (χ0n) is 9.34. The Balaban J connectivity index is 1.71. The Morgan fingerprint density at radius 1 is 1.36 bits per heavy atom. The van der Waals surface area contributed by atoms with Gasteiger partial charge in [0, 0.05) is 6.54 Å². The summed E-state index contributed by atoms with van der Waals surface area (Å²) in [6.45, 7) is 2.50. The van der Waals surface area contributed by atoms with Crippen LogP contribution in [0.5, 0.6) is 0 Å². The third-order valence-corrected chi connectivity index (χ3v) is 4.04. The fourth-order valence-corrected chi connectivity index (χ4v) is 3.02. The fourth-order valence-electron chi connectivity index (χ4n) is 3.02. The maximum absolute atomic E-state index is 10.2. The number of nitrogens with zero attached hydrogens (tertiary/aromatic N) is 1. The highest BCUT2D eigenvalue weighted by Crippen LogP contribution is 2.35. The minimum Gasteiger partial charge on any atom is -0.390 e. The molecule has 0 aromatic heterocycles. The highest BCUT2D eigenvalue weighted by Gasteiger charge is 2.32. The monoisotopic (exact) mass is 197 g/mol. The van der Waals surface area contributed by atoms with Crippen molar-refractivity contribution in [3.63, 3.8) is 0 Å². The average molecular weight is 197 g/mol. The van der Waals surface area contributed by atoms with Crippen molar-refractivity contribution >= 4 is 0 Å². The topological polar surface area (TPSA) is 23.5 Å². The van der Waals surface area contributed by atoms with Crippen LogP contribution in [0, 0.1) is 5.92 Å². The molecule has 1 atom stereocenters. The molecule has 0 amide bonds. The van der Waals surface area contributed by atoms with E-state index >= 15 is 0 Å². The zero-order valence-corrected chi connectivity index (χ0v) is 9.34. The van der Waals surface area contributed by atoms with Gasteiger partial charge in [-0.25, -0.2) is 0 Å². The molecule has 14 heavy (non-hydrogen) atoms. The molecule has 0 spiro atoms. The van der Waals surface area contributed by atoms with E-state index in [0.717, 1.165) is 25.2 Å². The zero-order chi connectivity index (χ0) is 10.0. The van der Waals surface area contributed by atoms with Gasteiger partial charge in [-0.1, -0.05) is 12.8 Å². The highest BCUT2D eigenvalue weighted by molar-refractivity contribution is 4.86. The summed E-state index contributed by atoms with van der Waals surface area (Å²) in [6, 6.07) is 0. The molecule has 2 fully saturated rings. The lowest BCUT2D eigenvalue weighted by atomic mass is 9.90. The Kier molecular flexibility index (Phi) is 3.13. The Bertz CT molecular complexity index is 187. The molecule has 1 aliphatic carbocycles. The van der Waals surface area contributed by atoms with Gasteiger partial charge in [-0.15, -0.1) is 0 Å². The van der Waals surface area contributed by atoms with Crippen molar-refractivity contribution in [2.24, 2.45) is 5.92 Å². The van der Waals surface area contributed by atoms with Crippen LogP contribution in [0.2, 0.25) is 0 Å². The van der Waals surface area contributed by atoms with Crippen LogP contribution in [-0.2, 0) is 0 Å². The van der Waals surface area contributed by atoms with Gasteiger partial charge in [-0.05, 0) is 51.6 Å². The van der Waals surface area contributed by atoms with Gasteiger partial charge in [0.1, 0.15) is 0 Å². The molecule has 1 unspecified atom stereocenters. The summed E-state index contributed by atoms with van der Waals surface area (Å²) in [5, 5.41) is 10.2. The van der Waals surface area contributed by atoms with Gasteiger partial charge in [-0.3, -0.25) is 0 Å². The predicted octanol–water partition coefficient (Wildman–Crippen LogP) is 2.02. The van der Waals surface area contributed by atoms with Crippen molar-refractivity contribution in [2.45, 2.75) is 50.5 Å². The molecule has 1 saturated heterocycles. The number of hydrogen-bond acceptors (Lipinski definition) is 2. The Hall–Kier alpha value is -0.0800. The Labute approximate surface area is 87.3 Å². The first kappa shape index (κ1) is 10.4. The summed E-state index contributed by atoms with van der Waals surface area (Å²) >= 11 is 0. The van der Waals surface area contributed by atoms with Gasteiger partial charge < -0.3 is 10.0 Å². The average Bonchev–Trinajstić information content (AvgIpc) is 2.73. The molecule has 82 valence electrons. The first-order chi connectivity index (χ1) is 6.68. The molecular formula is C12H23NO. The summed E-state index contributed by atoms with van der Waals surface area (Å²) in [5.74, 6) is 0.852. The second kappa shape index (κ2) is 4.19. The molecule has 1 heterocycles. The lowest BCUT2D eigenvalue weighted by Crippen LogP contribution is -2.25. The van der Waals surface area contributed by atoms with Gasteiger partial charge >= 0.3 is 0 Å². The van der Waals surface area contributed by atoms with E-state index in [-0.39, 0.29) is 5.60 Å². The number of hydrogen-bond donors (Lipinski definition) is 1. The van der Waals surface area contributed by atoms with Crippen molar-refractivity contribution in [1.29, 1.82) is 0 Å². The van der Waals surface area contributed by atoms with Crippen LogP contribution < -0.4 is 0 Å². The molecule has 0 radical (unpaired) electrons. The van der Waals surface area contributed by atoms with Crippen LogP contribution in [0.4, 0.5) is 0 Å². The first-order valence-corrected chi connectivity index (χ1v) is 6.09. The Morgan fingerprint density at radius 3 is 2.64 bits per heavy atom. The quantitative estimate of drug-likeness (QED) is 0.748. The Morgan fingerprint density at radius 2 is 2.07 bits per heavy atom. The number of rotatable bonds is 3. The smallest absolute Gasteiger partial charge is 0.0648 e. The summed E-state index contributed by atoms with van der Waals surface area (Å²) in [7, 11) is 2.20. The van der Waals surface area contributed by atoms with E-state index in [2.05, 4.69) is 11.9 Å². The maximum Gasteiger partial charge on any atom is 0.0648 e. The molecule has 0 aromatic carbocycles. The van der Waals surface area contributed by atoms with Gasteiger partial charge in [0.05, 0.1) is 5.60 Å². The van der Waals surface area contributed by atoms with E-state index in [0.29, 0.717) is 0 Å². The lowest BCUT2D eigenvalue weighted by molar-refractivity contribution is 0.0326. The molecule has 2 heteroatoms. The molecule has 1 saturated carbocycles. The van der Waals surface area contributed by atoms with Crippen molar-refractivity contribution in [3.05, 3.63) is 0 Å². The normalized spacial score (nSPS) is 32.6. The lowest BCUT2D eigenvalue weighted by Gasteiger charge is -2.23. The van der Waals surface area contributed by atoms with Crippen LogP contribution in [0.25, 0.3) is 0 Å². The van der Waals surface area contributed by atoms with Crippen LogP contribution in [0.15, 0.2) is 0 Å². The number of aliphatic hydroxyl groups is 1. The molecular weight excluding hydrogens is 174 g/mol. The maximum atomic E-state index is 10.2. The van der Waals surface area contributed by atoms with E-state index in [1.165, 1.54) is 38.8 Å². The fraction of sp³-hybridized carbons (Fsp3) is 1.00. The molecule has 0 aromatic rings. The number of likely N-dealkylation sites (tertiary alicyclic amines) is 1. The third kappa shape index (κ3) is 2.48. The minimum absolute atomic E-state index is 0.277. The summed E-state index contributed by atoms with van der Waals surface area (Å²) in [6.07, 6.45) is 8.20. The SMILES string of the molecule is CN1CCC(CCC2(O)CCCC2)C1. The van der Waals surface area contributed by atoms with Gasteiger partial charge in [-0.2, -0.15) is 0 Å². The molecule has 2 aliphatic rings. The van der Waals surface area contributed by atoms with E-state index < -0.39 is 0 Å². The van der Waals surface area contributed by atoms with E-state index in [4.69, 9.17) is 0 Å². The largest absolute Gasteiger partial charge is 0.390 e.